The minimum absolute atomic E-state index is 0.156. The number of hydrogen-bond donors (Lipinski definition) is 2. The van der Waals surface area contributed by atoms with E-state index in [-0.39, 0.29) is 5.41 Å². The van der Waals surface area contributed by atoms with Gasteiger partial charge in [0.1, 0.15) is 5.75 Å². The van der Waals surface area contributed by atoms with Crippen LogP contribution < -0.4 is 14.6 Å². The van der Waals surface area contributed by atoms with E-state index in [2.05, 4.69) is 4.72 Å². The highest BCUT2D eigenvalue weighted by molar-refractivity contribution is 7.87. The number of nitrogens with two attached hydrogens (primary N) is 1. The third kappa shape index (κ3) is 3.71. The van der Waals surface area contributed by atoms with E-state index in [4.69, 9.17) is 9.88 Å². The van der Waals surface area contributed by atoms with Gasteiger partial charge in [-0.05, 0) is 30.5 Å². The van der Waals surface area contributed by atoms with Crippen LogP contribution in [0.25, 0.3) is 0 Å². The average Bonchev–Trinajstić information content (AvgIpc) is 2.46. The minimum Gasteiger partial charge on any atom is -0.497 e. The van der Waals surface area contributed by atoms with Gasteiger partial charge >= 0.3 is 0 Å². The molecule has 2 rings (SSSR count). The molecule has 1 aliphatic carbocycles. The maximum Gasteiger partial charge on any atom is 0.274 e. The Balaban J connectivity index is 2.25. The number of ether oxygens (including phenoxy) is 1. The van der Waals surface area contributed by atoms with Crippen molar-refractivity contribution in [2.45, 2.75) is 37.5 Å². The first-order valence-electron chi connectivity index (χ1n) is 6.87. The van der Waals surface area contributed by atoms with Crippen molar-refractivity contribution in [1.29, 1.82) is 0 Å². The van der Waals surface area contributed by atoms with Crippen LogP contribution in [0.2, 0.25) is 0 Å². The van der Waals surface area contributed by atoms with E-state index in [1.54, 1.807) is 7.11 Å². The summed E-state index contributed by atoms with van der Waals surface area (Å²) in [6.07, 6.45) is 5.37. The summed E-state index contributed by atoms with van der Waals surface area (Å²) in [5.41, 5.74) is 0.992. The van der Waals surface area contributed by atoms with Crippen molar-refractivity contribution in [3.05, 3.63) is 29.8 Å². The van der Waals surface area contributed by atoms with Crippen LogP contribution in [-0.4, -0.2) is 22.1 Å². The monoisotopic (exact) mass is 298 g/mol. The van der Waals surface area contributed by atoms with Crippen molar-refractivity contribution in [3.63, 3.8) is 0 Å². The van der Waals surface area contributed by atoms with E-state index < -0.39 is 10.2 Å². The summed E-state index contributed by atoms with van der Waals surface area (Å²) in [5.74, 6) is 0.805. The standard InChI is InChI=1S/C14H22N2O3S/c1-19-13-7-5-12(6-8-13)14(9-3-2-4-10-14)11-16-20(15,17)18/h5-8,16H,2-4,9-11H2,1H3,(H2,15,17,18). The fourth-order valence-corrected chi connectivity index (χ4v) is 3.46. The van der Waals surface area contributed by atoms with Crippen LogP contribution in [0.4, 0.5) is 0 Å². The minimum atomic E-state index is -3.66. The Hall–Kier alpha value is -1.11. The quantitative estimate of drug-likeness (QED) is 0.868. The second-order valence-electron chi connectivity index (χ2n) is 5.44. The van der Waals surface area contributed by atoms with Gasteiger partial charge in [-0.25, -0.2) is 9.86 Å². The Morgan fingerprint density at radius 1 is 1.20 bits per heavy atom. The molecule has 1 aliphatic rings. The third-order valence-electron chi connectivity index (χ3n) is 4.12. The van der Waals surface area contributed by atoms with Gasteiger partial charge in [0.2, 0.25) is 0 Å². The lowest BCUT2D eigenvalue weighted by atomic mass is 9.69. The number of nitrogens with one attached hydrogen (secondary N) is 1. The summed E-state index contributed by atoms with van der Waals surface area (Å²) in [6.45, 7) is 0.359. The van der Waals surface area contributed by atoms with E-state index in [0.717, 1.165) is 37.0 Å². The number of benzene rings is 1. The van der Waals surface area contributed by atoms with E-state index in [0.29, 0.717) is 6.54 Å². The average molecular weight is 298 g/mol. The van der Waals surface area contributed by atoms with Crippen LogP contribution in [-0.2, 0) is 15.6 Å². The zero-order chi connectivity index (χ0) is 14.6. The molecule has 0 aliphatic heterocycles. The van der Waals surface area contributed by atoms with Crippen molar-refractivity contribution in [3.8, 4) is 5.75 Å². The normalized spacial score (nSPS) is 18.7. The predicted octanol–water partition coefficient (Wildman–Crippen LogP) is 1.69. The predicted molar refractivity (Wildman–Crippen MR) is 78.9 cm³/mol. The lowest BCUT2D eigenvalue weighted by Gasteiger charge is -2.38. The Morgan fingerprint density at radius 2 is 1.80 bits per heavy atom. The molecule has 20 heavy (non-hydrogen) atoms. The lowest BCUT2D eigenvalue weighted by molar-refractivity contribution is 0.292. The topological polar surface area (TPSA) is 81.4 Å². The molecule has 1 aromatic carbocycles. The second kappa shape index (κ2) is 6.11. The van der Waals surface area contributed by atoms with Crippen LogP contribution >= 0.6 is 0 Å². The maximum atomic E-state index is 11.2. The molecule has 0 aromatic heterocycles. The van der Waals surface area contributed by atoms with Gasteiger partial charge in [0.05, 0.1) is 7.11 Å². The van der Waals surface area contributed by atoms with Crippen molar-refractivity contribution < 1.29 is 13.2 Å². The fourth-order valence-electron chi connectivity index (χ4n) is 2.98. The van der Waals surface area contributed by atoms with E-state index in [1.165, 1.54) is 6.42 Å². The molecule has 0 heterocycles. The summed E-state index contributed by atoms with van der Waals surface area (Å²) in [5, 5.41) is 5.08. The van der Waals surface area contributed by atoms with Gasteiger partial charge in [0.15, 0.2) is 0 Å². The molecule has 5 nitrogen and oxygen atoms in total. The zero-order valence-corrected chi connectivity index (χ0v) is 12.6. The largest absolute Gasteiger partial charge is 0.497 e. The van der Waals surface area contributed by atoms with Gasteiger partial charge in [-0.15, -0.1) is 0 Å². The molecule has 3 N–H and O–H groups in total. The van der Waals surface area contributed by atoms with Crippen molar-refractivity contribution in [2.24, 2.45) is 5.14 Å². The first-order valence-corrected chi connectivity index (χ1v) is 8.42. The highest BCUT2D eigenvalue weighted by Crippen LogP contribution is 2.39. The smallest absolute Gasteiger partial charge is 0.274 e. The van der Waals surface area contributed by atoms with Crippen LogP contribution in [0.3, 0.4) is 0 Å². The van der Waals surface area contributed by atoms with Gasteiger partial charge in [0, 0.05) is 12.0 Å². The Labute approximate surface area is 120 Å². The SMILES string of the molecule is COc1ccc(C2(CNS(N)(=O)=O)CCCCC2)cc1. The van der Waals surface area contributed by atoms with E-state index in [9.17, 15) is 8.42 Å². The Kier molecular flexibility index (Phi) is 4.67. The highest BCUT2D eigenvalue weighted by Gasteiger charge is 2.34. The van der Waals surface area contributed by atoms with Gasteiger partial charge in [0.25, 0.3) is 10.2 Å². The Morgan fingerprint density at radius 3 is 2.30 bits per heavy atom. The summed E-state index contributed by atoms with van der Waals surface area (Å²) in [7, 11) is -2.02. The first-order chi connectivity index (χ1) is 9.45. The third-order valence-corrected chi connectivity index (χ3v) is 4.67. The molecule has 1 aromatic rings. The zero-order valence-electron chi connectivity index (χ0n) is 11.8. The summed E-state index contributed by atoms with van der Waals surface area (Å²) >= 11 is 0. The van der Waals surface area contributed by atoms with Crippen LogP contribution in [0, 0.1) is 0 Å². The molecular weight excluding hydrogens is 276 g/mol. The molecule has 1 saturated carbocycles. The molecule has 0 unspecified atom stereocenters. The van der Waals surface area contributed by atoms with Gasteiger partial charge in [-0.2, -0.15) is 8.42 Å². The molecule has 6 heteroatoms. The van der Waals surface area contributed by atoms with Crippen LogP contribution in [0.5, 0.6) is 5.75 Å². The van der Waals surface area contributed by atoms with Gasteiger partial charge in [-0.3, -0.25) is 0 Å². The van der Waals surface area contributed by atoms with Gasteiger partial charge < -0.3 is 4.74 Å². The molecule has 0 atom stereocenters. The van der Waals surface area contributed by atoms with Crippen molar-refractivity contribution in [2.75, 3.05) is 13.7 Å². The second-order valence-corrected chi connectivity index (χ2v) is 6.81. The molecule has 0 saturated heterocycles. The van der Waals surface area contributed by atoms with Crippen LogP contribution in [0.15, 0.2) is 24.3 Å². The van der Waals surface area contributed by atoms with Crippen molar-refractivity contribution in [1.82, 2.24) is 4.72 Å². The number of rotatable bonds is 5. The maximum absolute atomic E-state index is 11.2. The number of methoxy groups -OCH3 is 1. The first kappa shape index (κ1) is 15.3. The van der Waals surface area contributed by atoms with Gasteiger partial charge in [-0.1, -0.05) is 31.4 Å². The number of hydrogen-bond acceptors (Lipinski definition) is 3. The molecule has 112 valence electrons. The summed E-state index contributed by atoms with van der Waals surface area (Å²) < 4.78 is 30.0. The highest BCUT2D eigenvalue weighted by atomic mass is 32.2. The molecular formula is C14H22N2O3S. The fraction of sp³-hybridized carbons (Fsp3) is 0.571. The summed E-state index contributed by atoms with van der Waals surface area (Å²) in [6, 6.07) is 7.88. The molecule has 0 bridgehead atoms. The molecule has 1 fully saturated rings. The molecule has 0 amide bonds. The summed E-state index contributed by atoms with van der Waals surface area (Å²) in [4.78, 5) is 0. The van der Waals surface area contributed by atoms with E-state index in [1.807, 2.05) is 24.3 Å². The van der Waals surface area contributed by atoms with Crippen molar-refractivity contribution >= 4 is 10.2 Å². The van der Waals surface area contributed by atoms with Crippen LogP contribution in [0.1, 0.15) is 37.7 Å². The lowest BCUT2D eigenvalue weighted by Crippen LogP contribution is -2.44. The van der Waals surface area contributed by atoms with E-state index >= 15 is 0 Å². The molecule has 0 spiro atoms. The molecule has 0 radical (unpaired) electrons. The Bertz CT molecular complexity index is 534.